The van der Waals surface area contributed by atoms with Crippen molar-refractivity contribution in [3.63, 3.8) is 0 Å². The summed E-state index contributed by atoms with van der Waals surface area (Å²) in [4.78, 5) is 33.9. The highest BCUT2D eigenvalue weighted by molar-refractivity contribution is 5.96. The molecule has 0 saturated heterocycles. The van der Waals surface area contributed by atoms with E-state index in [0.717, 1.165) is 0 Å². The second kappa shape index (κ2) is 12.0. The molecule has 1 rings (SSSR count). The summed E-state index contributed by atoms with van der Waals surface area (Å²) >= 11 is 0. The Balaban J connectivity index is 0.00000576. The van der Waals surface area contributed by atoms with Gasteiger partial charge in [0.25, 0.3) is 5.91 Å². The van der Waals surface area contributed by atoms with Crippen molar-refractivity contribution in [2.75, 3.05) is 38.4 Å². The maximum atomic E-state index is 12.0. The average molecular weight is 374 g/mol. The van der Waals surface area contributed by atoms with Crippen molar-refractivity contribution in [3.05, 3.63) is 23.8 Å². The average Bonchev–Trinajstić information content (AvgIpc) is 2.58. The number of nitrogens with two attached hydrogens (primary N) is 1. The van der Waals surface area contributed by atoms with Crippen LogP contribution in [-0.4, -0.2) is 45.2 Å². The maximum Gasteiger partial charge on any atom is 0.307 e. The number of anilines is 2. The van der Waals surface area contributed by atoms with Crippen LogP contribution in [-0.2, 0) is 19.1 Å². The second-order valence-electron chi connectivity index (χ2n) is 4.99. The molecule has 0 fully saturated rings. The van der Waals surface area contributed by atoms with Gasteiger partial charge < -0.3 is 25.8 Å². The number of carbonyl (C=O) groups is 3. The quantitative estimate of drug-likeness (QED) is 0.339. The van der Waals surface area contributed by atoms with Crippen molar-refractivity contribution in [3.8, 4) is 0 Å². The number of amides is 1. The Bertz CT molecular complexity index is 595. The molecule has 0 bridgehead atoms. The minimum atomic E-state index is -0.388. The first-order valence-corrected chi connectivity index (χ1v) is 7.53. The molecule has 9 heteroatoms. The van der Waals surface area contributed by atoms with E-state index in [4.69, 9.17) is 5.73 Å². The molecule has 0 radical (unpaired) electrons. The van der Waals surface area contributed by atoms with Crippen LogP contribution in [0.1, 0.15) is 29.6 Å². The lowest BCUT2D eigenvalue weighted by molar-refractivity contribution is -0.141. The summed E-state index contributed by atoms with van der Waals surface area (Å²) in [6, 6.07) is 4.88. The molecule has 25 heavy (non-hydrogen) atoms. The van der Waals surface area contributed by atoms with Crippen LogP contribution >= 0.6 is 12.4 Å². The van der Waals surface area contributed by atoms with E-state index < -0.39 is 0 Å². The number of carbonyl (C=O) groups excluding carboxylic acids is 3. The largest absolute Gasteiger partial charge is 0.469 e. The smallest absolute Gasteiger partial charge is 0.307 e. The molecule has 8 nitrogen and oxygen atoms in total. The highest BCUT2D eigenvalue weighted by Gasteiger charge is 2.09. The van der Waals surface area contributed by atoms with Crippen LogP contribution in [0.25, 0.3) is 0 Å². The van der Waals surface area contributed by atoms with E-state index in [1.54, 1.807) is 18.2 Å². The number of nitrogen functional groups attached to an aromatic ring is 1. The SMILES string of the molecule is COC(=O)CCCNc1ccc(C(=O)NCCC(=O)OC)cc1N.Cl. The zero-order valence-corrected chi connectivity index (χ0v) is 15.1. The van der Waals surface area contributed by atoms with Gasteiger partial charge in [-0.25, -0.2) is 0 Å². The van der Waals surface area contributed by atoms with Crippen molar-refractivity contribution in [2.45, 2.75) is 19.3 Å². The number of hydrogen-bond acceptors (Lipinski definition) is 7. The van der Waals surface area contributed by atoms with Crippen LogP contribution < -0.4 is 16.4 Å². The lowest BCUT2D eigenvalue weighted by Crippen LogP contribution is -2.26. The van der Waals surface area contributed by atoms with Gasteiger partial charge in [0, 0.05) is 25.1 Å². The number of halogens is 1. The topological polar surface area (TPSA) is 120 Å². The fourth-order valence-electron chi connectivity index (χ4n) is 1.91. The molecule has 0 unspecified atom stereocenters. The lowest BCUT2D eigenvalue weighted by atomic mass is 10.1. The Kier molecular flexibility index (Phi) is 10.8. The summed E-state index contributed by atoms with van der Waals surface area (Å²) in [6.07, 6.45) is 1.05. The lowest BCUT2D eigenvalue weighted by Gasteiger charge is -2.11. The molecule has 4 N–H and O–H groups in total. The van der Waals surface area contributed by atoms with Crippen LogP contribution in [0.5, 0.6) is 0 Å². The van der Waals surface area contributed by atoms with Gasteiger partial charge in [0.15, 0.2) is 0 Å². The first-order valence-electron chi connectivity index (χ1n) is 7.53. The standard InChI is InChI=1S/C16H23N3O5.ClH/c1-23-14(20)4-3-8-18-13-6-5-11(10-12(13)17)16(22)19-9-7-15(21)24-2;/h5-6,10,18H,3-4,7-9,17H2,1-2H3,(H,19,22);1H. The van der Waals surface area contributed by atoms with E-state index >= 15 is 0 Å². The number of hydrogen-bond donors (Lipinski definition) is 3. The molecule has 0 heterocycles. The molecule has 0 aliphatic rings. The van der Waals surface area contributed by atoms with Gasteiger partial charge >= 0.3 is 11.9 Å². The molecule has 0 spiro atoms. The van der Waals surface area contributed by atoms with Crippen molar-refractivity contribution in [1.82, 2.24) is 5.32 Å². The minimum absolute atomic E-state index is 0. The summed E-state index contributed by atoms with van der Waals surface area (Å²) in [5.74, 6) is -0.965. The number of methoxy groups -OCH3 is 2. The van der Waals surface area contributed by atoms with Gasteiger partial charge in [0.1, 0.15) is 0 Å². The van der Waals surface area contributed by atoms with Crippen LogP contribution in [0.3, 0.4) is 0 Å². The highest BCUT2D eigenvalue weighted by atomic mass is 35.5. The Morgan fingerprint density at radius 3 is 2.28 bits per heavy atom. The van der Waals surface area contributed by atoms with E-state index in [-0.39, 0.29) is 43.2 Å². The third-order valence-corrected chi connectivity index (χ3v) is 3.26. The van der Waals surface area contributed by atoms with Gasteiger partial charge in [-0.15, -0.1) is 12.4 Å². The van der Waals surface area contributed by atoms with Gasteiger partial charge in [0.2, 0.25) is 0 Å². The zero-order chi connectivity index (χ0) is 17.9. The number of nitrogens with one attached hydrogen (secondary N) is 2. The minimum Gasteiger partial charge on any atom is -0.469 e. The van der Waals surface area contributed by atoms with E-state index in [1.165, 1.54) is 14.2 Å². The monoisotopic (exact) mass is 373 g/mol. The van der Waals surface area contributed by atoms with Crippen LogP contribution in [0.15, 0.2) is 18.2 Å². The molecular weight excluding hydrogens is 350 g/mol. The molecule has 0 aliphatic heterocycles. The van der Waals surface area contributed by atoms with Gasteiger partial charge in [-0.05, 0) is 24.6 Å². The summed E-state index contributed by atoms with van der Waals surface area (Å²) in [7, 11) is 2.64. The molecule has 1 aromatic carbocycles. The normalized spacial score (nSPS) is 9.52. The Hall–Kier alpha value is -2.48. The third kappa shape index (κ3) is 8.25. The summed E-state index contributed by atoms with van der Waals surface area (Å²) in [5, 5.41) is 5.71. The van der Waals surface area contributed by atoms with Gasteiger partial charge in [-0.2, -0.15) is 0 Å². The predicted molar refractivity (Wildman–Crippen MR) is 96.8 cm³/mol. The number of rotatable bonds is 9. The molecule has 0 aromatic heterocycles. The van der Waals surface area contributed by atoms with Gasteiger partial charge in [0.05, 0.1) is 32.0 Å². The zero-order valence-electron chi connectivity index (χ0n) is 14.3. The Morgan fingerprint density at radius 2 is 1.68 bits per heavy atom. The van der Waals surface area contributed by atoms with E-state index in [9.17, 15) is 14.4 Å². The molecule has 1 amide bonds. The number of ether oxygens (including phenoxy) is 2. The van der Waals surface area contributed by atoms with Crippen molar-refractivity contribution < 1.29 is 23.9 Å². The van der Waals surface area contributed by atoms with Crippen LogP contribution in [0, 0.1) is 0 Å². The van der Waals surface area contributed by atoms with E-state index in [1.807, 2.05) is 0 Å². The maximum absolute atomic E-state index is 12.0. The van der Waals surface area contributed by atoms with Crippen molar-refractivity contribution in [2.24, 2.45) is 0 Å². The second-order valence-corrected chi connectivity index (χ2v) is 4.99. The summed E-state index contributed by atoms with van der Waals surface area (Å²) in [5.41, 5.74) is 7.43. The Morgan fingerprint density at radius 1 is 1.04 bits per heavy atom. The van der Waals surface area contributed by atoms with E-state index in [2.05, 4.69) is 20.1 Å². The highest BCUT2D eigenvalue weighted by Crippen LogP contribution is 2.20. The predicted octanol–water partition coefficient (Wildman–Crippen LogP) is 1.35. The van der Waals surface area contributed by atoms with E-state index in [0.29, 0.717) is 36.3 Å². The molecule has 140 valence electrons. The first kappa shape index (κ1) is 22.5. The fourth-order valence-corrected chi connectivity index (χ4v) is 1.91. The molecule has 0 saturated carbocycles. The number of esters is 2. The van der Waals surface area contributed by atoms with Gasteiger partial charge in [-0.3, -0.25) is 14.4 Å². The summed E-state index contributed by atoms with van der Waals surface area (Å²) in [6.45, 7) is 0.753. The van der Waals surface area contributed by atoms with Crippen molar-refractivity contribution >= 4 is 41.6 Å². The fraction of sp³-hybridized carbons (Fsp3) is 0.438. The first-order chi connectivity index (χ1) is 11.5. The number of benzene rings is 1. The Labute approximate surface area is 152 Å². The third-order valence-electron chi connectivity index (χ3n) is 3.26. The molecular formula is C16H24ClN3O5. The van der Waals surface area contributed by atoms with Crippen LogP contribution in [0.4, 0.5) is 11.4 Å². The van der Waals surface area contributed by atoms with Crippen LogP contribution in [0.2, 0.25) is 0 Å². The molecule has 1 aromatic rings. The summed E-state index contributed by atoms with van der Waals surface area (Å²) < 4.78 is 9.05. The van der Waals surface area contributed by atoms with Crippen molar-refractivity contribution in [1.29, 1.82) is 0 Å². The molecule has 0 aliphatic carbocycles. The molecule has 0 atom stereocenters. The van der Waals surface area contributed by atoms with Gasteiger partial charge in [-0.1, -0.05) is 0 Å².